The van der Waals surface area contributed by atoms with E-state index in [1.807, 2.05) is 27.7 Å². The molecule has 0 heterocycles. The molecular weight excluding hydrogens is 593 g/mol. The van der Waals surface area contributed by atoms with Gasteiger partial charge < -0.3 is 10.2 Å². The zero-order valence-corrected chi connectivity index (χ0v) is 26.0. The van der Waals surface area contributed by atoms with Gasteiger partial charge in [0.2, 0.25) is 11.8 Å². The summed E-state index contributed by atoms with van der Waals surface area (Å²) in [6.45, 7) is 8.30. The molecule has 1 N–H and O–H groups in total. The number of hydrogen-bond acceptors (Lipinski definition) is 4. The van der Waals surface area contributed by atoms with Crippen molar-refractivity contribution < 1.29 is 18.0 Å². The molecule has 0 radical (unpaired) electrons. The van der Waals surface area contributed by atoms with Crippen LogP contribution in [0.2, 0.25) is 15.1 Å². The lowest BCUT2D eigenvalue weighted by Crippen LogP contribution is -2.54. The summed E-state index contributed by atoms with van der Waals surface area (Å²) in [7, 11) is -4.27. The Morgan fingerprint density at radius 2 is 1.55 bits per heavy atom. The van der Waals surface area contributed by atoms with Crippen molar-refractivity contribution in [3.8, 4) is 0 Å². The van der Waals surface area contributed by atoms with Gasteiger partial charge in [-0.05, 0) is 82.6 Å². The number of nitrogens with one attached hydrogen (secondary N) is 1. The monoisotopic (exact) mass is 623 g/mol. The highest BCUT2D eigenvalue weighted by Gasteiger charge is 2.34. The van der Waals surface area contributed by atoms with Gasteiger partial charge in [0.1, 0.15) is 12.6 Å². The molecule has 0 bridgehead atoms. The van der Waals surface area contributed by atoms with Gasteiger partial charge in [0, 0.05) is 22.1 Å². The van der Waals surface area contributed by atoms with Crippen molar-refractivity contribution in [2.75, 3.05) is 10.8 Å². The number of rotatable bonds is 9. The number of nitrogens with zero attached hydrogens (tertiary/aromatic N) is 2. The zero-order chi connectivity index (χ0) is 29.8. The average molecular weight is 625 g/mol. The highest BCUT2D eigenvalue weighted by atomic mass is 35.5. The van der Waals surface area contributed by atoms with Gasteiger partial charge in [0.25, 0.3) is 10.0 Å². The number of benzene rings is 3. The number of aryl methyl sites for hydroxylation is 1. The second kappa shape index (κ2) is 12.8. The quantitative estimate of drug-likeness (QED) is 0.295. The molecule has 0 saturated heterocycles. The van der Waals surface area contributed by atoms with Gasteiger partial charge in [0.15, 0.2) is 0 Å². The van der Waals surface area contributed by atoms with Crippen LogP contribution in [0.1, 0.15) is 38.8 Å². The number of carbonyl (C=O) groups is 2. The van der Waals surface area contributed by atoms with Gasteiger partial charge in [-0.2, -0.15) is 0 Å². The summed E-state index contributed by atoms with van der Waals surface area (Å²) in [5, 5.41) is 3.68. The van der Waals surface area contributed by atoms with Gasteiger partial charge in [-0.1, -0.05) is 64.6 Å². The zero-order valence-electron chi connectivity index (χ0n) is 22.9. The molecule has 0 unspecified atom stereocenters. The maximum atomic E-state index is 14.0. The number of carbonyl (C=O) groups excluding carboxylic acids is 2. The number of sulfonamides is 1. The van der Waals surface area contributed by atoms with Crippen molar-refractivity contribution in [1.29, 1.82) is 0 Å². The largest absolute Gasteiger partial charge is 0.350 e. The predicted molar refractivity (Wildman–Crippen MR) is 162 cm³/mol. The SMILES string of the molecule is Cc1ccc(S(=O)(=O)N(CC(=O)N(Cc2cccc(Cl)c2)[C@@H](C)C(=O)NC(C)(C)C)c2cc(Cl)ccc2Cl)cc1. The molecule has 2 amide bonds. The van der Waals surface area contributed by atoms with Crippen LogP contribution in [0.25, 0.3) is 0 Å². The van der Waals surface area contributed by atoms with E-state index >= 15 is 0 Å². The molecule has 11 heteroatoms. The smallest absolute Gasteiger partial charge is 0.264 e. The molecule has 0 aliphatic rings. The summed E-state index contributed by atoms with van der Waals surface area (Å²) in [6, 6.07) is 16.6. The molecule has 3 rings (SSSR count). The van der Waals surface area contributed by atoms with E-state index in [2.05, 4.69) is 5.32 Å². The van der Waals surface area contributed by atoms with Crippen LogP contribution in [-0.2, 0) is 26.2 Å². The fourth-order valence-electron chi connectivity index (χ4n) is 3.92. The minimum atomic E-state index is -4.27. The van der Waals surface area contributed by atoms with E-state index in [1.165, 1.54) is 35.2 Å². The molecule has 0 saturated carbocycles. The van der Waals surface area contributed by atoms with E-state index in [-0.39, 0.29) is 27.2 Å². The molecule has 1 atom stereocenters. The van der Waals surface area contributed by atoms with Gasteiger partial charge in [0.05, 0.1) is 15.6 Å². The molecule has 0 spiro atoms. The van der Waals surface area contributed by atoms with Crippen LogP contribution in [0.15, 0.2) is 71.6 Å². The Balaban J connectivity index is 2.08. The third-order valence-corrected chi connectivity index (χ3v) is 8.54. The second-order valence-electron chi connectivity index (χ2n) is 10.5. The Labute approximate surface area is 251 Å². The summed E-state index contributed by atoms with van der Waals surface area (Å²) in [5.74, 6) is -1.01. The third-order valence-electron chi connectivity index (χ3n) is 5.97. The van der Waals surface area contributed by atoms with Crippen LogP contribution in [0.5, 0.6) is 0 Å². The topological polar surface area (TPSA) is 86.8 Å². The highest BCUT2D eigenvalue weighted by Crippen LogP contribution is 2.33. The molecule has 3 aromatic carbocycles. The van der Waals surface area contributed by atoms with E-state index in [0.29, 0.717) is 10.6 Å². The van der Waals surface area contributed by atoms with E-state index < -0.39 is 40.0 Å². The van der Waals surface area contributed by atoms with E-state index in [9.17, 15) is 18.0 Å². The highest BCUT2D eigenvalue weighted by molar-refractivity contribution is 7.92. The summed E-state index contributed by atoms with van der Waals surface area (Å²) in [6.07, 6.45) is 0. The second-order valence-corrected chi connectivity index (χ2v) is 13.6. The Kier molecular flexibility index (Phi) is 10.2. The first-order valence-electron chi connectivity index (χ1n) is 12.5. The predicted octanol–water partition coefficient (Wildman–Crippen LogP) is 6.48. The van der Waals surface area contributed by atoms with Crippen molar-refractivity contribution in [3.05, 3.63) is 92.9 Å². The van der Waals surface area contributed by atoms with Crippen molar-refractivity contribution in [2.45, 2.75) is 57.6 Å². The Morgan fingerprint density at radius 3 is 2.15 bits per heavy atom. The van der Waals surface area contributed by atoms with Crippen molar-refractivity contribution >= 4 is 62.3 Å². The van der Waals surface area contributed by atoms with Gasteiger partial charge in [-0.3, -0.25) is 13.9 Å². The standard InChI is InChI=1S/C29H32Cl3N3O4S/c1-19-9-12-24(13-10-19)40(38,39)35(26-16-23(31)11-14-25(26)32)18-27(36)34(17-21-7-6-8-22(30)15-21)20(2)28(37)33-29(3,4)5/h6-16,20H,17-18H2,1-5H3,(H,33,37)/t20-/m0/s1. The van der Waals surface area contributed by atoms with E-state index in [1.54, 1.807) is 43.3 Å². The molecule has 0 aliphatic heterocycles. The third kappa shape index (κ3) is 8.13. The lowest BCUT2D eigenvalue weighted by atomic mass is 10.1. The molecule has 0 fully saturated rings. The van der Waals surface area contributed by atoms with E-state index in [0.717, 1.165) is 9.87 Å². The molecule has 0 aliphatic carbocycles. The average Bonchev–Trinajstić information content (AvgIpc) is 2.86. The van der Waals surface area contributed by atoms with Crippen molar-refractivity contribution in [1.82, 2.24) is 10.2 Å². The molecule has 3 aromatic rings. The number of anilines is 1. The van der Waals surface area contributed by atoms with Crippen LogP contribution in [-0.4, -0.2) is 43.3 Å². The normalized spacial score (nSPS) is 12.5. The number of amides is 2. The van der Waals surface area contributed by atoms with Crippen molar-refractivity contribution in [3.63, 3.8) is 0 Å². The van der Waals surface area contributed by atoms with Crippen LogP contribution in [0, 0.1) is 6.92 Å². The minimum Gasteiger partial charge on any atom is -0.350 e. The summed E-state index contributed by atoms with van der Waals surface area (Å²) < 4.78 is 28.8. The summed E-state index contributed by atoms with van der Waals surface area (Å²) >= 11 is 18.8. The Hall–Kier alpha value is -2.78. The summed E-state index contributed by atoms with van der Waals surface area (Å²) in [5.41, 5.74) is 1.03. The molecular formula is C29H32Cl3N3O4S. The lowest BCUT2D eigenvalue weighted by Gasteiger charge is -2.33. The molecule has 40 heavy (non-hydrogen) atoms. The molecule has 7 nitrogen and oxygen atoms in total. The first kappa shape index (κ1) is 31.7. The maximum absolute atomic E-state index is 14.0. The van der Waals surface area contributed by atoms with Crippen LogP contribution < -0.4 is 9.62 Å². The van der Waals surface area contributed by atoms with Gasteiger partial charge >= 0.3 is 0 Å². The minimum absolute atomic E-state index is 0.0137. The fraction of sp³-hybridized carbons (Fsp3) is 0.310. The number of hydrogen-bond donors (Lipinski definition) is 1. The Morgan fingerprint density at radius 1 is 0.925 bits per heavy atom. The Bertz CT molecular complexity index is 1490. The first-order chi connectivity index (χ1) is 18.6. The maximum Gasteiger partial charge on any atom is 0.264 e. The van der Waals surface area contributed by atoms with Crippen LogP contribution in [0.4, 0.5) is 5.69 Å². The number of halogens is 3. The molecule has 0 aromatic heterocycles. The van der Waals surface area contributed by atoms with Crippen LogP contribution in [0.3, 0.4) is 0 Å². The van der Waals surface area contributed by atoms with Gasteiger partial charge in [-0.25, -0.2) is 8.42 Å². The van der Waals surface area contributed by atoms with Gasteiger partial charge in [-0.15, -0.1) is 0 Å². The fourth-order valence-corrected chi connectivity index (χ4v) is 5.99. The van der Waals surface area contributed by atoms with Crippen molar-refractivity contribution in [2.24, 2.45) is 0 Å². The lowest BCUT2D eigenvalue weighted by molar-refractivity contribution is -0.140. The molecule has 214 valence electrons. The van der Waals surface area contributed by atoms with Crippen LogP contribution >= 0.6 is 34.8 Å². The first-order valence-corrected chi connectivity index (χ1v) is 15.1. The summed E-state index contributed by atoms with van der Waals surface area (Å²) in [4.78, 5) is 28.4. The van der Waals surface area contributed by atoms with E-state index in [4.69, 9.17) is 34.8 Å².